The second kappa shape index (κ2) is 6.24. The largest absolute Gasteiger partial charge is 0.507 e. The van der Waals surface area contributed by atoms with Gasteiger partial charge in [0.25, 0.3) is 0 Å². The molecular formula is C20H20N2O3. The van der Waals surface area contributed by atoms with Crippen LogP contribution in [-0.2, 0) is 9.59 Å². The van der Waals surface area contributed by atoms with Crippen molar-refractivity contribution in [3.8, 4) is 5.75 Å². The van der Waals surface area contributed by atoms with Gasteiger partial charge in [-0.05, 0) is 42.7 Å². The van der Waals surface area contributed by atoms with Gasteiger partial charge < -0.3 is 15.7 Å². The number of phenols is 1. The molecule has 1 saturated carbocycles. The minimum Gasteiger partial charge on any atom is -0.507 e. The van der Waals surface area contributed by atoms with Crippen LogP contribution in [0.5, 0.6) is 5.75 Å². The maximum absolute atomic E-state index is 12.2. The highest BCUT2D eigenvalue weighted by molar-refractivity contribution is 6.40. The molecule has 5 nitrogen and oxygen atoms in total. The number of phenolic OH excluding ortho intramolecular Hbond substituents is 1. The van der Waals surface area contributed by atoms with Gasteiger partial charge in [0.2, 0.25) is 0 Å². The molecule has 4 rings (SSSR count). The maximum atomic E-state index is 12.2. The minimum atomic E-state index is -0.686. The fourth-order valence-corrected chi connectivity index (χ4v) is 4.01. The Morgan fingerprint density at radius 3 is 2.56 bits per heavy atom. The molecule has 25 heavy (non-hydrogen) atoms. The van der Waals surface area contributed by atoms with Crippen LogP contribution in [0.15, 0.2) is 48.6 Å². The smallest absolute Gasteiger partial charge is 0.313 e. The van der Waals surface area contributed by atoms with Crippen molar-refractivity contribution >= 4 is 28.3 Å². The summed E-state index contributed by atoms with van der Waals surface area (Å²) in [7, 11) is 0. The summed E-state index contributed by atoms with van der Waals surface area (Å²) in [5.41, 5.74) is 0.511. The number of nitrogens with one attached hydrogen (secondary N) is 2. The molecule has 5 heteroatoms. The summed E-state index contributed by atoms with van der Waals surface area (Å²) in [6, 6.07) is 10.3. The van der Waals surface area contributed by atoms with Crippen LogP contribution < -0.4 is 10.6 Å². The van der Waals surface area contributed by atoms with E-state index in [-0.39, 0.29) is 5.75 Å². The molecule has 0 aliphatic heterocycles. The van der Waals surface area contributed by atoms with E-state index >= 15 is 0 Å². The van der Waals surface area contributed by atoms with Gasteiger partial charge in [0, 0.05) is 23.0 Å². The van der Waals surface area contributed by atoms with Crippen LogP contribution in [0.2, 0.25) is 0 Å². The Hall–Kier alpha value is -2.82. The van der Waals surface area contributed by atoms with E-state index < -0.39 is 11.8 Å². The molecule has 2 bridgehead atoms. The highest BCUT2D eigenvalue weighted by Gasteiger charge is 2.35. The number of rotatable bonds is 3. The highest BCUT2D eigenvalue weighted by Crippen LogP contribution is 2.42. The molecule has 2 aromatic carbocycles. The summed E-state index contributed by atoms with van der Waals surface area (Å²) >= 11 is 0. The monoisotopic (exact) mass is 336 g/mol. The summed E-state index contributed by atoms with van der Waals surface area (Å²) in [6.45, 7) is 0.536. The van der Waals surface area contributed by atoms with E-state index in [0.29, 0.717) is 40.8 Å². The molecule has 2 aromatic rings. The van der Waals surface area contributed by atoms with Crippen molar-refractivity contribution in [2.45, 2.75) is 12.8 Å². The van der Waals surface area contributed by atoms with Crippen molar-refractivity contribution in [2.24, 2.45) is 17.8 Å². The second-order valence-corrected chi connectivity index (χ2v) is 6.88. The van der Waals surface area contributed by atoms with Crippen molar-refractivity contribution in [3.63, 3.8) is 0 Å². The first-order valence-electron chi connectivity index (χ1n) is 8.60. The molecule has 0 unspecified atom stereocenters. The SMILES string of the molecule is O=C(NC[C@H]1C[C@@H]2C=C[C@H]1C2)C(=O)Nc1cccc2c(O)cccc12. The van der Waals surface area contributed by atoms with E-state index in [0.717, 1.165) is 6.42 Å². The predicted molar refractivity (Wildman–Crippen MR) is 96.1 cm³/mol. The molecule has 1 fully saturated rings. The number of hydrogen-bond acceptors (Lipinski definition) is 3. The molecule has 0 radical (unpaired) electrons. The Bertz CT molecular complexity index is 874. The third-order valence-corrected chi connectivity index (χ3v) is 5.29. The second-order valence-electron chi connectivity index (χ2n) is 6.88. The van der Waals surface area contributed by atoms with Crippen LogP contribution in [0.25, 0.3) is 10.8 Å². The Kier molecular flexibility index (Phi) is 3.92. The van der Waals surface area contributed by atoms with Gasteiger partial charge in [-0.1, -0.05) is 36.4 Å². The molecule has 128 valence electrons. The van der Waals surface area contributed by atoms with Gasteiger partial charge in [0.05, 0.1) is 0 Å². The number of benzene rings is 2. The van der Waals surface area contributed by atoms with Gasteiger partial charge in [0.15, 0.2) is 0 Å². The first kappa shape index (κ1) is 15.7. The molecule has 0 heterocycles. The Morgan fingerprint density at radius 1 is 1.00 bits per heavy atom. The topological polar surface area (TPSA) is 78.4 Å². The standard InChI is InChI=1S/C20H20N2O3/c23-18-6-2-3-15-16(18)4-1-5-17(15)22-20(25)19(24)21-11-14-10-12-7-8-13(14)9-12/h1-8,12-14,23H,9-11H2,(H,21,24)(H,22,25)/t12-,13+,14-/m1/s1. The van der Waals surface area contributed by atoms with Crippen LogP contribution in [0, 0.1) is 17.8 Å². The Morgan fingerprint density at radius 2 is 1.80 bits per heavy atom. The number of aromatic hydroxyl groups is 1. The molecule has 3 atom stereocenters. The lowest BCUT2D eigenvalue weighted by Gasteiger charge is -2.18. The van der Waals surface area contributed by atoms with Crippen molar-refractivity contribution < 1.29 is 14.7 Å². The summed E-state index contributed by atoms with van der Waals surface area (Å²) in [4.78, 5) is 24.3. The molecule has 0 saturated heterocycles. The zero-order valence-electron chi connectivity index (χ0n) is 13.7. The molecule has 0 spiro atoms. The minimum absolute atomic E-state index is 0.141. The first-order valence-corrected chi connectivity index (χ1v) is 8.60. The highest BCUT2D eigenvalue weighted by atomic mass is 16.3. The molecule has 2 aliphatic carbocycles. The van der Waals surface area contributed by atoms with Gasteiger partial charge in [-0.2, -0.15) is 0 Å². The molecule has 3 N–H and O–H groups in total. The summed E-state index contributed by atoms with van der Waals surface area (Å²) in [6.07, 6.45) is 6.75. The Labute approximate surface area is 145 Å². The number of fused-ring (bicyclic) bond motifs is 3. The number of allylic oxidation sites excluding steroid dienone is 2. The molecule has 0 aromatic heterocycles. The van der Waals surface area contributed by atoms with E-state index in [1.165, 1.54) is 6.42 Å². The van der Waals surface area contributed by atoms with E-state index in [1.807, 2.05) is 0 Å². The first-order chi connectivity index (χ1) is 12.1. The zero-order chi connectivity index (χ0) is 17.4. The number of hydrogen-bond donors (Lipinski definition) is 3. The van der Waals surface area contributed by atoms with Gasteiger partial charge in [-0.3, -0.25) is 9.59 Å². The van der Waals surface area contributed by atoms with Crippen LogP contribution in [0.1, 0.15) is 12.8 Å². The number of carbonyl (C=O) groups is 2. The van der Waals surface area contributed by atoms with Gasteiger partial charge in [0.1, 0.15) is 5.75 Å². The average Bonchev–Trinajstić information content (AvgIpc) is 3.23. The van der Waals surface area contributed by atoms with Crippen LogP contribution in [0.4, 0.5) is 5.69 Å². The van der Waals surface area contributed by atoms with E-state index in [1.54, 1.807) is 36.4 Å². The van der Waals surface area contributed by atoms with E-state index in [2.05, 4.69) is 22.8 Å². The summed E-state index contributed by atoms with van der Waals surface area (Å²) in [5.74, 6) is 0.445. The summed E-state index contributed by atoms with van der Waals surface area (Å²) < 4.78 is 0. The van der Waals surface area contributed by atoms with Crippen molar-refractivity contribution in [1.29, 1.82) is 0 Å². The average molecular weight is 336 g/mol. The Balaban J connectivity index is 1.41. The van der Waals surface area contributed by atoms with Gasteiger partial charge >= 0.3 is 11.8 Å². The van der Waals surface area contributed by atoms with E-state index in [9.17, 15) is 14.7 Å². The number of anilines is 1. The number of carbonyl (C=O) groups excluding carboxylic acids is 2. The fourth-order valence-electron chi connectivity index (χ4n) is 4.01. The lowest BCUT2D eigenvalue weighted by atomic mass is 9.94. The fraction of sp³-hybridized carbons (Fsp3) is 0.300. The molecule has 2 amide bonds. The molecular weight excluding hydrogens is 316 g/mol. The number of amides is 2. The summed E-state index contributed by atoms with van der Waals surface area (Å²) in [5, 5.41) is 16.6. The molecule has 2 aliphatic rings. The normalized spacial score (nSPS) is 23.8. The maximum Gasteiger partial charge on any atom is 0.313 e. The van der Waals surface area contributed by atoms with Crippen LogP contribution >= 0.6 is 0 Å². The van der Waals surface area contributed by atoms with Crippen LogP contribution in [0.3, 0.4) is 0 Å². The van der Waals surface area contributed by atoms with Gasteiger partial charge in [-0.25, -0.2) is 0 Å². The zero-order valence-corrected chi connectivity index (χ0v) is 13.7. The lowest BCUT2D eigenvalue weighted by Crippen LogP contribution is -2.38. The lowest BCUT2D eigenvalue weighted by molar-refractivity contribution is -0.136. The van der Waals surface area contributed by atoms with E-state index in [4.69, 9.17) is 0 Å². The predicted octanol–water partition coefficient (Wildman–Crippen LogP) is 2.81. The van der Waals surface area contributed by atoms with Crippen molar-refractivity contribution in [3.05, 3.63) is 48.6 Å². The van der Waals surface area contributed by atoms with Crippen molar-refractivity contribution in [1.82, 2.24) is 5.32 Å². The van der Waals surface area contributed by atoms with Gasteiger partial charge in [-0.15, -0.1) is 0 Å². The third-order valence-electron chi connectivity index (χ3n) is 5.29. The van der Waals surface area contributed by atoms with Crippen LogP contribution in [-0.4, -0.2) is 23.5 Å². The third kappa shape index (κ3) is 2.97. The van der Waals surface area contributed by atoms with Crippen molar-refractivity contribution in [2.75, 3.05) is 11.9 Å². The quantitative estimate of drug-likeness (QED) is 0.596.